The smallest absolute Gasteiger partial charge is 0.332 e. The summed E-state index contributed by atoms with van der Waals surface area (Å²) in [7, 11) is 0. The van der Waals surface area contributed by atoms with Crippen LogP contribution in [-0.4, -0.2) is 49.9 Å². The lowest BCUT2D eigenvalue weighted by atomic mass is 10.2. The highest BCUT2D eigenvalue weighted by molar-refractivity contribution is 5.72. The molecule has 12 heteroatoms. The lowest BCUT2D eigenvalue weighted by molar-refractivity contribution is -0.153. The molecule has 3 atom stereocenters. The normalized spacial score (nSPS) is 20.2. The van der Waals surface area contributed by atoms with Crippen molar-refractivity contribution in [1.29, 1.82) is 0 Å². The van der Waals surface area contributed by atoms with Crippen LogP contribution in [-0.2, 0) is 30.3 Å². The van der Waals surface area contributed by atoms with Crippen LogP contribution in [0.4, 0.5) is 10.3 Å². The van der Waals surface area contributed by atoms with Gasteiger partial charge in [0.25, 0.3) is 0 Å². The molecule has 0 unspecified atom stereocenters. The van der Waals surface area contributed by atoms with E-state index < -0.39 is 41.9 Å². The number of aromatic nitrogens is 4. The van der Waals surface area contributed by atoms with E-state index in [1.165, 1.54) is 41.3 Å². The monoisotopic (exact) mass is 459 g/mol. The van der Waals surface area contributed by atoms with Gasteiger partial charge in [0.15, 0.2) is 11.9 Å². The van der Waals surface area contributed by atoms with Gasteiger partial charge in [-0.2, -0.15) is 4.98 Å². The largest absolute Gasteiger partial charge is 0.463 e. The molecule has 4 rings (SSSR count). The number of ether oxygens (including phenoxy) is 3. The lowest BCUT2D eigenvalue weighted by Crippen LogP contribution is -2.34. The highest BCUT2D eigenvalue weighted by Crippen LogP contribution is 2.33. The van der Waals surface area contributed by atoms with Crippen LogP contribution < -0.4 is 11.4 Å². The first-order valence-electron chi connectivity index (χ1n) is 10.2. The van der Waals surface area contributed by atoms with Crippen molar-refractivity contribution in [2.75, 3.05) is 12.3 Å². The van der Waals surface area contributed by atoms with E-state index in [-0.39, 0.29) is 31.2 Å². The standard InChI is InChI=1S/C21H22FN5O6/c1-11(28)31-10-15-7-17(32-12(2)29)19(33-15)27-18-16(8-24-20(23)25-18)26(21(27)30)9-13-3-5-14(22)6-4-13/h3-6,8,15,17,19H,7,9-10H2,1-2H3,(H2,23,24,25)/t15-,17+,19+/m0/s1. The maximum atomic E-state index is 13.5. The van der Waals surface area contributed by atoms with Crippen LogP contribution in [0.2, 0.25) is 0 Å². The number of rotatable bonds is 6. The molecule has 174 valence electrons. The van der Waals surface area contributed by atoms with Gasteiger partial charge in [-0.3, -0.25) is 14.2 Å². The van der Waals surface area contributed by atoms with Crippen LogP contribution in [0.1, 0.15) is 32.1 Å². The zero-order chi connectivity index (χ0) is 23.7. The number of carbonyl (C=O) groups is 2. The van der Waals surface area contributed by atoms with E-state index >= 15 is 0 Å². The van der Waals surface area contributed by atoms with Gasteiger partial charge in [0, 0.05) is 20.3 Å². The number of nitrogen functional groups attached to an aromatic ring is 1. The number of hydrogen-bond donors (Lipinski definition) is 1. The highest BCUT2D eigenvalue weighted by atomic mass is 19.1. The van der Waals surface area contributed by atoms with Crippen molar-refractivity contribution >= 4 is 29.1 Å². The molecular formula is C21H22FN5O6. The fourth-order valence-corrected chi connectivity index (χ4v) is 3.81. The molecule has 0 spiro atoms. The molecule has 0 radical (unpaired) electrons. The Morgan fingerprint density at radius 1 is 1.24 bits per heavy atom. The summed E-state index contributed by atoms with van der Waals surface area (Å²) in [6, 6.07) is 5.72. The zero-order valence-electron chi connectivity index (χ0n) is 17.9. The van der Waals surface area contributed by atoms with Gasteiger partial charge < -0.3 is 19.9 Å². The molecule has 2 N–H and O–H groups in total. The summed E-state index contributed by atoms with van der Waals surface area (Å²) in [5.41, 5.74) is 6.49. The van der Waals surface area contributed by atoms with Crippen molar-refractivity contribution in [3.05, 3.63) is 52.3 Å². The SMILES string of the molecule is CC(=O)OC[C@@H]1C[C@@H](OC(C)=O)[C@H](n2c(=O)n(Cc3ccc(F)cc3)c3cnc(N)nc32)O1. The van der Waals surface area contributed by atoms with E-state index in [9.17, 15) is 18.8 Å². The van der Waals surface area contributed by atoms with E-state index in [0.29, 0.717) is 11.1 Å². The third kappa shape index (κ3) is 4.70. The van der Waals surface area contributed by atoms with Crippen LogP contribution >= 0.6 is 0 Å². The maximum Gasteiger partial charge on any atom is 0.332 e. The minimum absolute atomic E-state index is 0.0614. The number of fused-ring (bicyclic) bond motifs is 1. The van der Waals surface area contributed by atoms with Gasteiger partial charge in [0.2, 0.25) is 5.95 Å². The summed E-state index contributed by atoms with van der Waals surface area (Å²) in [5.74, 6) is -1.50. The fraction of sp³-hybridized carbons (Fsp3) is 0.381. The summed E-state index contributed by atoms with van der Waals surface area (Å²) in [6.07, 6.45) is -0.861. The summed E-state index contributed by atoms with van der Waals surface area (Å²) >= 11 is 0. The van der Waals surface area contributed by atoms with Crippen LogP contribution in [0.5, 0.6) is 0 Å². The Hall–Kier alpha value is -3.80. The summed E-state index contributed by atoms with van der Waals surface area (Å²) in [5, 5.41) is 0. The molecule has 33 heavy (non-hydrogen) atoms. The molecule has 11 nitrogen and oxygen atoms in total. The molecule has 0 aliphatic carbocycles. The first-order chi connectivity index (χ1) is 15.7. The van der Waals surface area contributed by atoms with E-state index in [1.807, 2.05) is 0 Å². The quantitative estimate of drug-likeness (QED) is 0.537. The molecule has 1 aliphatic heterocycles. The van der Waals surface area contributed by atoms with Crippen LogP contribution in [0, 0.1) is 5.82 Å². The summed E-state index contributed by atoms with van der Waals surface area (Å²) in [4.78, 5) is 44.6. The van der Waals surface area contributed by atoms with Crippen LogP contribution in [0.25, 0.3) is 11.2 Å². The van der Waals surface area contributed by atoms with Crippen LogP contribution in [0.15, 0.2) is 35.3 Å². The highest BCUT2D eigenvalue weighted by Gasteiger charge is 2.41. The molecule has 2 aromatic heterocycles. The average Bonchev–Trinajstić information content (AvgIpc) is 3.25. The van der Waals surface area contributed by atoms with Crippen molar-refractivity contribution in [2.45, 2.75) is 45.2 Å². The second-order valence-electron chi connectivity index (χ2n) is 7.64. The molecule has 1 saturated heterocycles. The van der Waals surface area contributed by atoms with Crippen molar-refractivity contribution < 1.29 is 28.2 Å². The predicted molar refractivity (Wildman–Crippen MR) is 112 cm³/mol. The summed E-state index contributed by atoms with van der Waals surface area (Å²) in [6.45, 7) is 2.56. The number of esters is 2. The number of imidazole rings is 1. The summed E-state index contributed by atoms with van der Waals surface area (Å²) < 4.78 is 32.3. The topological polar surface area (TPSA) is 141 Å². The molecule has 1 aliphatic rings. The van der Waals surface area contributed by atoms with Gasteiger partial charge in [-0.15, -0.1) is 0 Å². The zero-order valence-corrected chi connectivity index (χ0v) is 17.9. The van der Waals surface area contributed by atoms with Crippen molar-refractivity contribution in [1.82, 2.24) is 19.1 Å². The van der Waals surface area contributed by atoms with Crippen LogP contribution in [0.3, 0.4) is 0 Å². The Labute approximate surface area is 186 Å². The number of nitrogens with zero attached hydrogens (tertiary/aromatic N) is 4. The first kappa shape index (κ1) is 22.4. The number of hydrogen-bond acceptors (Lipinski definition) is 9. The lowest BCUT2D eigenvalue weighted by Gasteiger charge is -2.19. The Balaban J connectivity index is 1.78. The minimum atomic E-state index is -1.03. The predicted octanol–water partition coefficient (Wildman–Crippen LogP) is 1.14. The molecule has 1 fully saturated rings. The molecule has 1 aromatic carbocycles. The van der Waals surface area contributed by atoms with Gasteiger partial charge in [-0.1, -0.05) is 12.1 Å². The molecule has 3 heterocycles. The van der Waals surface area contributed by atoms with Gasteiger partial charge in [0.1, 0.15) is 24.0 Å². The number of halogens is 1. The van der Waals surface area contributed by atoms with E-state index in [4.69, 9.17) is 19.9 Å². The van der Waals surface area contributed by atoms with Crippen molar-refractivity contribution in [3.8, 4) is 0 Å². The van der Waals surface area contributed by atoms with Gasteiger partial charge in [-0.25, -0.2) is 18.7 Å². The number of anilines is 1. The van der Waals surface area contributed by atoms with Gasteiger partial charge >= 0.3 is 17.6 Å². The number of nitrogens with two attached hydrogens (primary N) is 1. The second-order valence-corrected chi connectivity index (χ2v) is 7.64. The van der Waals surface area contributed by atoms with Gasteiger partial charge in [0.05, 0.1) is 18.8 Å². The molecule has 0 amide bonds. The first-order valence-corrected chi connectivity index (χ1v) is 10.2. The van der Waals surface area contributed by atoms with E-state index in [0.717, 1.165) is 0 Å². The van der Waals surface area contributed by atoms with E-state index in [1.54, 1.807) is 12.1 Å². The second kappa shape index (κ2) is 8.98. The minimum Gasteiger partial charge on any atom is -0.463 e. The van der Waals surface area contributed by atoms with E-state index in [2.05, 4.69) is 9.97 Å². The fourth-order valence-electron chi connectivity index (χ4n) is 3.81. The third-order valence-corrected chi connectivity index (χ3v) is 5.17. The van der Waals surface area contributed by atoms with Crippen molar-refractivity contribution in [2.24, 2.45) is 0 Å². The Morgan fingerprint density at radius 2 is 1.97 bits per heavy atom. The number of carbonyl (C=O) groups excluding carboxylic acids is 2. The maximum absolute atomic E-state index is 13.5. The molecule has 0 bridgehead atoms. The third-order valence-electron chi connectivity index (χ3n) is 5.17. The number of benzene rings is 1. The molecule has 0 saturated carbocycles. The Bertz CT molecular complexity index is 1250. The van der Waals surface area contributed by atoms with Gasteiger partial charge in [-0.05, 0) is 17.7 Å². The van der Waals surface area contributed by atoms with Crippen molar-refractivity contribution in [3.63, 3.8) is 0 Å². The average molecular weight is 459 g/mol. The molecule has 3 aromatic rings. The Morgan fingerprint density at radius 3 is 2.64 bits per heavy atom. The molecular weight excluding hydrogens is 437 g/mol. The Kier molecular flexibility index (Phi) is 6.09.